The molecule has 150 valence electrons. The van der Waals surface area contributed by atoms with Crippen LogP contribution in [0.2, 0.25) is 0 Å². The second-order valence-electron chi connectivity index (χ2n) is 6.85. The van der Waals surface area contributed by atoms with E-state index < -0.39 is 22.0 Å². The molecule has 1 aliphatic rings. The van der Waals surface area contributed by atoms with Crippen LogP contribution in [0.1, 0.15) is 18.1 Å². The summed E-state index contributed by atoms with van der Waals surface area (Å²) in [4.78, 5) is 12.8. The molecule has 1 heterocycles. The van der Waals surface area contributed by atoms with E-state index in [1.54, 1.807) is 31.2 Å². The van der Waals surface area contributed by atoms with Crippen molar-refractivity contribution in [2.24, 2.45) is 0 Å². The molecule has 0 saturated carbocycles. The van der Waals surface area contributed by atoms with Gasteiger partial charge in [0.25, 0.3) is 0 Å². The van der Waals surface area contributed by atoms with E-state index in [0.29, 0.717) is 36.1 Å². The molecule has 0 fully saturated rings. The number of aryl methyl sites for hydroxylation is 2. The molecule has 0 aromatic heterocycles. The van der Waals surface area contributed by atoms with Gasteiger partial charge in [-0.1, -0.05) is 6.07 Å². The summed E-state index contributed by atoms with van der Waals surface area (Å²) in [6.45, 7) is 6.31. The highest BCUT2D eigenvalue weighted by atomic mass is 32.2. The van der Waals surface area contributed by atoms with Gasteiger partial charge in [0.15, 0.2) is 11.5 Å². The first-order valence-electron chi connectivity index (χ1n) is 8.94. The van der Waals surface area contributed by atoms with Gasteiger partial charge in [-0.05, 0) is 56.2 Å². The van der Waals surface area contributed by atoms with E-state index >= 15 is 0 Å². The van der Waals surface area contributed by atoms with Crippen molar-refractivity contribution in [1.82, 2.24) is 0 Å². The fourth-order valence-corrected chi connectivity index (χ4v) is 4.21. The average Bonchev–Trinajstić information content (AvgIpc) is 2.63. The highest BCUT2D eigenvalue weighted by molar-refractivity contribution is 7.92. The van der Waals surface area contributed by atoms with Crippen LogP contribution in [0.4, 0.5) is 11.4 Å². The molecular formula is C20H24N2O5S. The van der Waals surface area contributed by atoms with E-state index in [1.807, 2.05) is 26.0 Å². The number of carbonyl (C=O) groups excluding carboxylic acids is 1. The predicted molar refractivity (Wildman–Crippen MR) is 109 cm³/mol. The Balaban J connectivity index is 1.89. The van der Waals surface area contributed by atoms with E-state index in [-0.39, 0.29) is 0 Å². The third kappa shape index (κ3) is 4.22. The molecule has 1 N–H and O–H groups in total. The summed E-state index contributed by atoms with van der Waals surface area (Å²) in [5, 5.41) is 2.79. The lowest BCUT2D eigenvalue weighted by Crippen LogP contribution is -2.45. The standard InChI is InChI=1S/C20H24N2O5S/c1-13-5-6-16(11-14(13)2)21-20(23)15(3)22(28(4,24)25)17-7-8-18-19(12-17)27-10-9-26-18/h5-8,11-12,15H,9-10H2,1-4H3,(H,21,23)/t15-/m0/s1. The Morgan fingerprint density at radius 3 is 2.36 bits per heavy atom. The molecule has 2 aromatic carbocycles. The summed E-state index contributed by atoms with van der Waals surface area (Å²) in [7, 11) is -3.72. The number of hydrogen-bond donors (Lipinski definition) is 1. The van der Waals surface area contributed by atoms with Crippen molar-refractivity contribution in [2.75, 3.05) is 29.1 Å². The second kappa shape index (κ2) is 7.71. The van der Waals surface area contributed by atoms with E-state index in [4.69, 9.17) is 9.47 Å². The van der Waals surface area contributed by atoms with Gasteiger partial charge in [0.05, 0.1) is 11.9 Å². The van der Waals surface area contributed by atoms with Gasteiger partial charge in [0.1, 0.15) is 19.3 Å². The number of amides is 1. The number of benzene rings is 2. The predicted octanol–water partition coefficient (Wildman–Crippen LogP) is 2.87. The first-order valence-corrected chi connectivity index (χ1v) is 10.8. The van der Waals surface area contributed by atoms with Gasteiger partial charge in [-0.25, -0.2) is 8.42 Å². The molecule has 8 heteroatoms. The van der Waals surface area contributed by atoms with Crippen molar-refractivity contribution < 1.29 is 22.7 Å². The zero-order valence-electron chi connectivity index (χ0n) is 16.4. The Morgan fingerprint density at radius 1 is 1.04 bits per heavy atom. The maximum Gasteiger partial charge on any atom is 0.247 e. The maximum absolute atomic E-state index is 12.8. The van der Waals surface area contributed by atoms with Crippen molar-refractivity contribution >= 4 is 27.3 Å². The molecule has 0 saturated heterocycles. The first kappa shape index (κ1) is 20.0. The average molecular weight is 404 g/mol. The summed E-state index contributed by atoms with van der Waals surface area (Å²) in [5.74, 6) is 0.582. The molecule has 2 aromatic rings. The second-order valence-corrected chi connectivity index (χ2v) is 8.71. The van der Waals surface area contributed by atoms with Crippen LogP contribution in [0.15, 0.2) is 36.4 Å². The summed E-state index contributed by atoms with van der Waals surface area (Å²) in [6, 6.07) is 9.43. The van der Waals surface area contributed by atoms with Gasteiger partial charge in [0.2, 0.25) is 15.9 Å². The number of fused-ring (bicyclic) bond motifs is 1. The van der Waals surface area contributed by atoms with E-state index in [2.05, 4.69) is 5.32 Å². The third-order valence-corrected chi connectivity index (χ3v) is 5.88. The molecule has 0 aliphatic carbocycles. The van der Waals surface area contributed by atoms with Crippen LogP contribution in [0.3, 0.4) is 0 Å². The van der Waals surface area contributed by atoms with Crippen LogP contribution in [0.5, 0.6) is 11.5 Å². The van der Waals surface area contributed by atoms with Gasteiger partial charge in [-0.2, -0.15) is 0 Å². The van der Waals surface area contributed by atoms with Crippen LogP contribution in [0.25, 0.3) is 0 Å². The van der Waals surface area contributed by atoms with Crippen LogP contribution in [-0.4, -0.2) is 39.8 Å². The minimum Gasteiger partial charge on any atom is -0.486 e. The molecule has 1 atom stereocenters. The Labute approximate surface area is 165 Å². The zero-order chi connectivity index (χ0) is 20.5. The minimum atomic E-state index is -3.72. The lowest BCUT2D eigenvalue weighted by atomic mass is 10.1. The largest absolute Gasteiger partial charge is 0.486 e. The molecule has 28 heavy (non-hydrogen) atoms. The van der Waals surface area contributed by atoms with Crippen molar-refractivity contribution in [3.63, 3.8) is 0 Å². The molecule has 3 rings (SSSR count). The molecule has 0 bridgehead atoms. The molecule has 1 aliphatic heterocycles. The van der Waals surface area contributed by atoms with Crippen molar-refractivity contribution in [3.8, 4) is 11.5 Å². The molecule has 1 amide bonds. The number of anilines is 2. The normalized spacial score (nSPS) is 14.3. The highest BCUT2D eigenvalue weighted by Gasteiger charge is 2.30. The van der Waals surface area contributed by atoms with E-state index in [0.717, 1.165) is 21.7 Å². The van der Waals surface area contributed by atoms with Crippen LogP contribution in [-0.2, 0) is 14.8 Å². The number of rotatable bonds is 5. The van der Waals surface area contributed by atoms with Crippen LogP contribution >= 0.6 is 0 Å². The Hall–Kier alpha value is -2.74. The Bertz CT molecular complexity index is 1000. The summed E-state index contributed by atoms with van der Waals surface area (Å²) < 4.78 is 37.0. The van der Waals surface area contributed by atoms with E-state index in [1.165, 1.54) is 0 Å². The number of carbonyl (C=O) groups is 1. The molecule has 0 spiro atoms. The van der Waals surface area contributed by atoms with Gasteiger partial charge in [-0.3, -0.25) is 9.10 Å². The van der Waals surface area contributed by atoms with Crippen molar-refractivity contribution in [1.29, 1.82) is 0 Å². The van der Waals surface area contributed by atoms with Crippen LogP contribution in [0, 0.1) is 13.8 Å². The molecular weight excluding hydrogens is 380 g/mol. The monoisotopic (exact) mass is 404 g/mol. The van der Waals surface area contributed by atoms with Gasteiger partial charge in [0, 0.05) is 11.8 Å². The summed E-state index contributed by atoms with van der Waals surface area (Å²) in [6.07, 6.45) is 1.07. The number of hydrogen-bond acceptors (Lipinski definition) is 5. The fraction of sp³-hybridized carbons (Fsp3) is 0.350. The lowest BCUT2D eigenvalue weighted by Gasteiger charge is -2.29. The number of sulfonamides is 1. The summed E-state index contributed by atoms with van der Waals surface area (Å²) >= 11 is 0. The minimum absolute atomic E-state index is 0.342. The number of ether oxygens (including phenoxy) is 2. The van der Waals surface area contributed by atoms with Gasteiger partial charge in [-0.15, -0.1) is 0 Å². The third-order valence-electron chi connectivity index (χ3n) is 4.64. The maximum atomic E-state index is 12.8. The quantitative estimate of drug-likeness (QED) is 0.828. The van der Waals surface area contributed by atoms with Crippen LogP contribution < -0.4 is 19.1 Å². The smallest absolute Gasteiger partial charge is 0.247 e. The van der Waals surface area contributed by atoms with E-state index in [9.17, 15) is 13.2 Å². The fourth-order valence-electron chi connectivity index (χ4n) is 3.04. The molecule has 0 unspecified atom stereocenters. The van der Waals surface area contributed by atoms with Crippen molar-refractivity contribution in [2.45, 2.75) is 26.8 Å². The molecule has 7 nitrogen and oxygen atoms in total. The SMILES string of the molecule is Cc1ccc(NC(=O)[C@H](C)N(c2ccc3c(c2)OCCO3)S(C)(=O)=O)cc1C. The van der Waals surface area contributed by atoms with Crippen molar-refractivity contribution in [3.05, 3.63) is 47.5 Å². The first-order chi connectivity index (χ1) is 13.2. The number of nitrogens with one attached hydrogen (secondary N) is 1. The Kier molecular flexibility index (Phi) is 5.51. The Morgan fingerprint density at radius 2 is 1.71 bits per heavy atom. The zero-order valence-corrected chi connectivity index (χ0v) is 17.2. The summed E-state index contributed by atoms with van der Waals surface area (Å²) in [5.41, 5.74) is 3.11. The molecule has 0 radical (unpaired) electrons. The lowest BCUT2D eigenvalue weighted by molar-refractivity contribution is -0.116. The topological polar surface area (TPSA) is 84.9 Å². The van der Waals surface area contributed by atoms with Gasteiger partial charge >= 0.3 is 0 Å². The van der Waals surface area contributed by atoms with Gasteiger partial charge < -0.3 is 14.8 Å². The number of nitrogens with zero attached hydrogens (tertiary/aromatic N) is 1. The highest BCUT2D eigenvalue weighted by Crippen LogP contribution is 2.35.